The number of rotatable bonds is 4. The van der Waals surface area contributed by atoms with Crippen LogP contribution in [0.4, 0.5) is 5.82 Å². The molecule has 1 aliphatic rings. The van der Waals surface area contributed by atoms with E-state index in [1.54, 1.807) is 12.5 Å². The predicted octanol–water partition coefficient (Wildman–Crippen LogP) is 3.31. The molecular formula is C11H15BrClN3. The van der Waals surface area contributed by atoms with Crippen molar-refractivity contribution in [3.63, 3.8) is 0 Å². The fourth-order valence-electron chi connectivity index (χ4n) is 2.26. The van der Waals surface area contributed by atoms with Crippen LogP contribution in [-0.2, 0) is 0 Å². The maximum Gasteiger partial charge on any atom is 0.143 e. The van der Waals surface area contributed by atoms with Gasteiger partial charge in [-0.05, 0) is 40.6 Å². The lowest BCUT2D eigenvalue weighted by Crippen LogP contribution is -2.20. The molecule has 1 aliphatic carbocycles. The first-order chi connectivity index (χ1) is 7.81. The molecule has 0 spiro atoms. The van der Waals surface area contributed by atoms with Crippen molar-refractivity contribution in [2.45, 2.75) is 19.3 Å². The van der Waals surface area contributed by atoms with Gasteiger partial charge >= 0.3 is 0 Å². The minimum absolute atomic E-state index is 0.662. The molecule has 1 fully saturated rings. The molecule has 0 aliphatic heterocycles. The van der Waals surface area contributed by atoms with Gasteiger partial charge in [0.25, 0.3) is 0 Å². The molecule has 2 rings (SSSR count). The molecule has 1 aromatic heterocycles. The molecule has 88 valence electrons. The summed E-state index contributed by atoms with van der Waals surface area (Å²) < 4.78 is 0.912. The van der Waals surface area contributed by atoms with Crippen LogP contribution in [-0.4, -0.2) is 22.4 Å². The van der Waals surface area contributed by atoms with Gasteiger partial charge in [0.15, 0.2) is 0 Å². The minimum Gasteiger partial charge on any atom is -0.369 e. The monoisotopic (exact) mass is 303 g/mol. The lowest BCUT2D eigenvalue weighted by atomic mass is 9.98. The van der Waals surface area contributed by atoms with Crippen molar-refractivity contribution in [3.05, 3.63) is 17.0 Å². The molecule has 3 nitrogen and oxygen atoms in total. The molecular weight excluding hydrogens is 289 g/mol. The average Bonchev–Trinajstić information content (AvgIpc) is 2.75. The molecule has 1 saturated carbocycles. The van der Waals surface area contributed by atoms with Crippen LogP contribution < -0.4 is 5.32 Å². The van der Waals surface area contributed by atoms with Gasteiger partial charge in [-0.3, -0.25) is 0 Å². The van der Waals surface area contributed by atoms with Gasteiger partial charge in [-0.2, -0.15) is 0 Å². The summed E-state index contributed by atoms with van der Waals surface area (Å²) in [6, 6.07) is 0. The Morgan fingerprint density at radius 2 is 2.25 bits per heavy atom. The van der Waals surface area contributed by atoms with Gasteiger partial charge in [0.1, 0.15) is 12.1 Å². The number of nitrogens with one attached hydrogen (secondary N) is 1. The Morgan fingerprint density at radius 1 is 1.44 bits per heavy atom. The summed E-state index contributed by atoms with van der Waals surface area (Å²) >= 11 is 9.38. The smallest absolute Gasteiger partial charge is 0.143 e. The van der Waals surface area contributed by atoms with Gasteiger partial charge in [-0.25, -0.2) is 9.97 Å². The van der Waals surface area contributed by atoms with Crippen LogP contribution in [0.3, 0.4) is 0 Å². The van der Waals surface area contributed by atoms with Crippen molar-refractivity contribution in [1.82, 2.24) is 9.97 Å². The van der Waals surface area contributed by atoms with E-state index in [0.717, 1.165) is 22.7 Å². The highest BCUT2D eigenvalue weighted by Gasteiger charge is 2.26. The number of alkyl halides is 1. The Morgan fingerprint density at radius 3 is 3.00 bits per heavy atom. The van der Waals surface area contributed by atoms with Crippen LogP contribution in [0.1, 0.15) is 19.3 Å². The molecule has 0 aromatic carbocycles. The number of anilines is 1. The summed E-state index contributed by atoms with van der Waals surface area (Å²) in [6.45, 7) is 0.951. The molecule has 1 aromatic rings. The highest BCUT2D eigenvalue weighted by molar-refractivity contribution is 9.10. The molecule has 5 heteroatoms. The Hall–Kier alpha value is -0.350. The van der Waals surface area contributed by atoms with Crippen molar-refractivity contribution in [1.29, 1.82) is 0 Å². The molecule has 0 amide bonds. The van der Waals surface area contributed by atoms with E-state index < -0.39 is 0 Å². The van der Waals surface area contributed by atoms with E-state index in [0.29, 0.717) is 11.8 Å². The lowest BCUT2D eigenvalue weighted by molar-refractivity contribution is 0.444. The first kappa shape index (κ1) is 12.1. The summed E-state index contributed by atoms with van der Waals surface area (Å²) in [5.41, 5.74) is 0. The van der Waals surface area contributed by atoms with E-state index in [1.807, 2.05) is 0 Å². The highest BCUT2D eigenvalue weighted by atomic mass is 79.9. The van der Waals surface area contributed by atoms with E-state index >= 15 is 0 Å². The van der Waals surface area contributed by atoms with Crippen molar-refractivity contribution in [2.24, 2.45) is 11.8 Å². The Labute approximate surface area is 109 Å². The third-order valence-electron chi connectivity index (χ3n) is 3.21. The molecule has 0 bridgehead atoms. The molecule has 2 atom stereocenters. The van der Waals surface area contributed by atoms with E-state index in [9.17, 15) is 0 Å². The third kappa shape index (κ3) is 2.86. The quantitative estimate of drug-likeness (QED) is 0.867. The van der Waals surface area contributed by atoms with Crippen LogP contribution in [0, 0.1) is 11.8 Å². The highest BCUT2D eigenvalue weighted by Crippen LogP contribution is 2.32. The van der Waals surface area contributed by atoms with Gasteiger partial charge in [-0.15, -0.1) is 11.6 Å². The number of nitrogens with zero attached hydrogens (tertiary/aromatic N) is 2. The second-order valence-electron chi connectivity index (χ2n) is 4.21. The molecule has 1 N–H and O–H groups in total. The van der Waals surface area contributed by atoms with E-state index in [-0.39, 0.29) is 0 Å². The zero-order valence-corrected chi connectivity index (χ0v) is 11.3. The van der Waals surface area contributed by atoms with Crippen LogP contribution >= 0.6 is 27.5 Å². The van der Waals surface area contributed by atoms with Crippen LogP contribution in [0.2, 0.25) is 0 Å². The summed E-state index contributed by atoms with van der Waals surface area (Å²) in [5.74, 6) is 2.99. The van der Waals surface area contributed by atoms with E-state index in [2.05, 4.69) is 31.2 Å². The number of aromatic nitrogens is 2. The summed E-state index contributed by atoms with van der Waals surface area (Å²) in [7, 11) is 0. The van der Waals surface area contributed by atoms with E-state index in [4.69, 9.17) is 11.6 Å². The molecule has 16 heavy (non-hydrogen) atoms. The summed E-state index contributed by atoms with van der Waals surface area (Å²) in [5, 5.41) is 3.36. The second-order valence-corrected chi connectivity index (χ2v) is 5.37. The van der Waals surface area contributed by atoms with Crippen LogP contribution in [0.5, 0.6) is 0 Å². The largest absolute Gasteiger partial charge is 0.369 e. The Balaban J connectivity index is 1.90. The molecule has 0 radical (unpaired) electrons. The standard InChI is InChI=1S/C11H15BrClN3/c12-10-6-14-7-16-11(10)15-5-9-3-1-2-8(9)4-13/h6-9H,1-5H2,(H,14,15,16). The second kappa shape index (κ2) is 5.82. The maximum absolute atomic E-state index is 5.95. The van der Waals surface area contributed by atoms with Gasteiger partial charge < -0.3 is 5.32 Å². The zero-order valence-electron chi connectivity index (χ0n) is 9.00. The Kier molecular flexibility index (Phi) is 4.41. The fourth-order valence-corrected chi connectivity index (χ4v) is 3.02. The SMILES string of the molecule is ClCC1CCCC1CNc1ncncc1Br. The van der Waals surface area contributed by atoms with Crippen molar-refractivity contribution >= 4 is 33.3 Å². The molecule has 0 saturated heterocycles. The van der Waals surface area contributed by atoms with Crippen LogP contribution in [0.25, 0.3) is 0 Å². The average molecular weight is 305 g/mol. The fraction of sp³-hybridized carbons (Fsp3) is 0.636. The first-order valence-corrected chi connectivity index (χ1v) is 6.89. The van der Waals surface area contributed by atoms with Crippen molar-refractivity contribution in [3.8, 4) is 0 Å². The third-order valence-corrected chi connectivity index (χ3v) is 4.19. The normalized spacial score (nSPS) is 24.6. The minimum atomic E-state index is 0.662. The lowest BCUT2D eigenvalue weighted by Gasteiger charge is -2.18. The molecule has 1 heterocycles. The topological polar surface area (TPSA) is 37.8 Å². The zero-order chi connectivity index (χ0) is 11.4. The number of hydrogen-bond donors (Lipinski definition) is 1. The maximum atomic E-state index is 5.95. The van der Waals surface area contributed by atoms with Gasteiger partial charge in [0.2, 0.25) is 0 Å². The number of halogens is 2. The number of hydrogen-bond acceptors (Lipinski definition) is 3. The first-order valence-electron chi connectivity index (χ1n) is 5.56. The predicted molar refractivity (Wildman–Crippen MR) is 69.8 cm³/mol. The summed E-state index contributed by atoms with van der Waals surface area (Å²) in [4.78, 5) is 8.12. The van der Waals surface area contributed by atoms with Gasteiger partial charge in [-0.1, -0.05) is 6.42 Å². The Bertz CT molecular complexity index is 348. The molecule has 2 unspecified atom stereocenters. The van der Waals surface area contributed by atoms with E-state index in [1.165, 1.54) is 19.3 Å². The van der Waals surface area contributed by atoms with Crippen molar-refractivity contribution < 1.29 is 0 Å². The summed E-state index contributed by atoms with van der Waals surface area (Å²) in [6.07, 6.45) is 7.15. The van der Waals surface area contributed by atoms with Crippen LogP contribution in [0.15, 0.2) is 17.0 Å². The van der Waals surface area contributed by atoms with Gasteiger partial charge in [0, 0.05) is 18.6 Å². The van der Waals surface area contributed by atoms with Crippen molar-refractivity contribution in [2.75, 3.05) is 17.7 Å². The van der Waals surface area contributed by atoms with Gasteiger partial charge in [0.05, 0.1) is 4.47 Å².